The molecule has 0 aromatic carbocycles. The lowest BCUT2D eigenvalue weighted by atomic mass is 9.86. The van der Waals surface area contributed by atoms with Gasteiger partial charge in [-0.05, 0) is 19.3 Å². The summed E-state index contributed by atoms with van der Waals surface area (Å²) in [5.41, 5.74) is -0.946. The van der Waals surface area contributed by atoms with E-state index in [1.54, 1.807) is 6.08 Å². The molecule has 0 radical (unpaired) electrons. The predicted octanol–water partition coefficient (Wildman–Crippen LogP) is 0.838. The molecule has 2 heteroatoms. The van der Waals surface area contributed by atoms with Crippen molar-refractivity contribution >= 4 is 0 Å². The molecule has 0 aromatic rings. The summed E-state index contributed by atoms with van der Waals surface area (Å²) in [6.07, 6.45) is 5.22. The average molecular weight is 142 g/mol. The van der Waals surface area contributed by atoms with Crippen molar-refractivity contribution in [1.82, 2.24) is 0 Å². The fourth-order valence-corrected chi connectivity index (χ4v) is 1.26. The number of rotatable bonds is 1. The molecule has 2 N–H and O–H groups in total. The number of allylic oxidation sites excluding steroid dienone is 1. The third kappa shape index (κ3) is 1.22. The molecule has 10 heavy (non-hydrogen) atoms. The van der Waals surface area contributed by atoms with Gasteiger partial charge in [-0.2, -0.15) is 0 Å². The standard InChI is InChI=1S/C8H14O2/c1-2-8(10)6-4-3-5-7(8)9/h4,6-7,9-10H,2-3,5H2,1H3. The van der Waals surface area contributed by atoms with Crippen LogP contribution in [0, 0.1) is 0 Å². The number of aliphatic hydroxyl groups is 2. The summed E-state index contributed by atoms with van der Waals surface area (Å²) < 4.78 is 0. The summed E-state index contributed by atoms with van der Waals surface area (Å²) in [6.45, 7) is 1.87. The Balaban J connectivity index is 2.71. The maximum Gasteiger partial charge on any atom is 0.108 e. The van der Waals surface area contributed by atoms with Crippen molar-refractivity contribution in [3.8, 4) is 0 Å². The Morgan fingerprint density at radius 2 is 2.40 bits per heavy atom. The van der Waals surface area contributed by atoms with Crippen molar-refractivity contribution < 1.29 is 10.2 Å². The quantitative estimate of drug-likeness (QED) is 0.532. The molecule has 2 atom stereocenters. The van der Waals surface area contributed by atoms with Crippen LogP contribution < -0.4 is 0 Å². The molecule has 0 saturated heterocycles. The molecule has 0 spiro atoms. The van der Waals surface area contributed by atoms with Crippen molar-refractivity contribution in [1.29, 1.82) is 0 Å². The van der Waals surface area contributed by atoms with Gasteiger partial charge in [-0.3, -0.25) is 0 Å². The zero-order chi connectivity index (χ0) is 7.61. The van der Waals surface area contributed by atoms with Crippen molar-refractivity contribution in [2.75, 3.05) is 0 Å². The highest BCUT2D eigenvalue weighted by Gasteiger charge is 2.32. The van der Waals surface area contributed by atoms with Crippen LogP contribution >= 0.6 is 0 Å². The molecular weight excluding hydrogens is 128 g/mol. The second kappa shape index (κ2) is 2.72. The molecule has 0 aliphatic heterocycles. The van der Waals surface area contributed by atoms with Crippen LogP contribution in [0.1, 0.15) is 26.2 Å². The molecule has 1 aliphatic rings. The molecule has 0 bridgehead atoms. The highest BCUT2D eigenvalue weighted by atomic mass is 16.3. The summed E-state index contributed by atoms with van der Waals surface area (Å²) in [5, 5.41) is 18.9. The van der Waals surface area contributed by atoms with Crippen LogP contribution in [0.2, 0.25) is 0 Å². The maximum absolute atomic E-state index is 9.61. The summed E-state index contributed by atoms with van der Waals surface area (Å²) in [4.78, 5) is 0. The van der Waals surface area contributed by atoms with Crippen LogP contribution in [-0.4, -0.2) is 21.9 Å². The third-order valence-electron chi connectivity index (χ3n) is 2.16. The first-order valence-corrected chi connectivity index (χ1v) is 3.77. The molecule has 0 amide bonds. The minimum absolute atomic E-state index is 0.567. The van der Waals surface area contributed by atoms with E-state index in [0.717, 1.165) is 6.42 Å². The van der Waals surface area contributed by atoms with Gasteiger partial charge in [-0.1, -0.05) is 19.1 Å². The first-order valence-electron chi connectivity index (χ1n) is 3.77. The van der Waals surface area contributed by atoms with Gasteiger partial charge < -0.3 is 10.2 Å². The summed E-state index contributed by atoms with van der Waals surface area (Å²) in [5.74, 6) is 0. The summed E-state index contributed by atoms with van der Waals surface area (Å²) >= 11 is 0. The highest BCUT2D eigenvalue weighted by molar-refractivity contribution is 5.08. The van der Waals surface area contributed by atoms with Gasteiger partial charge >= 0.3 is 0 Å². The van der Waals surface area contributed by atoms with E-state index in [0.29, 0.717) is 12.8 Å². The molecule has 1 aliphatic carbocycles. The molecule has 0 saturated carbocycles. The van der Waals surface area contributed by atoms with E-state index < -0.39 is 11.7 Å². The monoisotopic (exact) mass is 142 g/mol. The van der Waals surface area contributed by atoms with E-state index >= 15 is 0 Å². The number of aliphatic hydroxyl groups excluding tert-OH is 1. The zero-order valence-electron chi connectivity index (χ0n) is 6.25. The molecule has 1 rings (SSSR count). The lowest BCUT2D eigenvalue weighted by Crippen LogP contribution is -2.41. The van der Waals surface area contributed by atoms with Crippen molar-refractivity contribution in [3.05, 3.63) is 12.2 Å². The van der Waals surface area contributed by atoms with E-state index in [1.165, 1.54) is 0 Å². The topological polar surface area (TPSA) is 40.5 Å². The lowest BCUT2D eigenvalue weighted by Gasteiger charge is -2.31. The van der Waals surface area contributed by atoms with Crippen LogP contribution in [0.5, 0.6) is 0 Å². The van der Waals surface area contributed by atoms with Crippen molar-refractivity contribution in [2.45, 2.75) is 37.9 Å². The second-order valence-electron chi connectivity index (χ2n) is 2.84. The van der Waals surface area contributed by atoms with Crippen LogP contribution in [0.3, 0.4) is 0 Å². The molecule has 2 nitrogen and oxygen atoms in total. The van der Waals surface area contributed by atoms with Crippen LogP contribution in [-0.2, 0) is 0 Å². The first-order chi connectivity index (χ1) is 4.69. The Morgan fingerprint density at radius 3 is 2.80 bits per heavy atom. The largest absolute Gasteiger partial charge is 0.390 e. The average Bonchev–Trinajstić information content (AvgIpc) is 1.96. The minimum atomic E-state index is -0.946. The Hall–Kier alpha value is -0.340. The summed E-state index contributed by atoms with van der Waals surface area (Å²) in [7, 11) is 0. The van der Waals surface area contributed by atoms with E-state index in [2.05, 4.69) is 0 Å². The molecule has 0 aromatic heterocycles. The number of hydrogen-bond acceptors (Lipinski definition) is 2. The first kappa shape index (κ1) is 7.76. The van der Waals surface area contributed by atoms with Crippen molar-refractivity contribution in [2.24, 2.45) is 0 Å². The number of hydrogen-bond donors (Lipinski definition) is 2. The fraction of sp³-hybridized carbons (Fsp3) is 0.750. The fourth-order valence-electron chi connectivity index (χ4n) is 1.26. The van der Waals surface area contributed by atoms with Crippen LogP contribution in [0.15, 0.2) is 12.2 Å². The lowest BCUT2D eigenvalue weighted by molar-refractivity contribution is -0.0494. The van der Waals surface area contributed by atoms with E-state index in [4.69, 9.17) is 0 Å². The highest BCUT2D eigenvalue weighted by Crippen LogP contribution is 2.25. The van der Waals surface area contributed by atoms with E-state index in [-0.39, 0.29) is 0 Å². The molecule has 0 heterocycles. The Labute approximate surface area is 61.2 Å². The van der Waals surface area contributed by atoms with Gasteiger partial charge in [0, 0.05) is 0 Å². The van der Waals surface area contributed by atoms with Gasteiger partial charge in [0.1, 0.15) is 5.60 Å². The second-order valence-corrected chi connectivity index (χ2v) is 2.84. The Morgan fingerprint density at radius 1 is 1.70 bits per heavy atom. The smallest absolute Gasteiger partial charge is 0.108 e. The SMILES string of the molecule is CCC1(O)C=CCCC1O. The normalized spacial score (nSPS) is 40.1. The van der Waals surface area contributed by atoms with Crippen LogP contribution in [0.25, 0.3) is 0 Å². The van der Waals surface area contributed by atoms with Gasteiger partial charge in [0.25, 0.3) is 0 Å². The minimum Gasteiger partial charge on any atom is -0.390 e. The Kier molecular flexibility index (Phi) is 2.11. The predicted molar refractivity (Wildman–Crippen MR) is 39.6 cm³/mol. The molecule has 58 valence electrons. The third-order valence-corrected chi connectivity index (χ3v) is 2.16. The zero-order valence-corrected chi connectivity index (χ0v) is 6.25. The van der Waals surface area contributed by atoms with E-state index in [1.807, 2.05) is 13.0 Å². The van der Waals surface area contributed by atoms with Crippen molar-refractivity contribution in [3.63, 3.8) is 0 Å². The summed E-state index contributed by atoms with van der Waals surface area (Å²) in [6, 6.07) is 0. The van der Waals surface area contributed by atoms with Gasteiger partial charge in [0.05, 0.1) is 6.10 Å². The van der Waals surface area contributed by atoms with Gasteiger partial charge in [0.15, 0.2) is 0 Å². The van der Waals surface area contributed by atoms with Gasteiger partial charge in [-0.25, -0.2) is 0 Å². The van der Waals surface area contributed by atoms with Crippen LogP contribution in [0.4, 0.5) is 0 Å². The van der Waals surface area contributed by atoms with E-state index in [9.17, 15) is 10.2 Å². The Bertz CT molecular complexity index is 142. The maximum atomic E-state index is 9.61. The molecule has 0 fully saturated rings. The molecular formula is C8H14O2. The molecule has 2 unspecified atom stereocenters. The van der Waals surface area contributed by atoms with Gasteiger partial charge in [-0.15, -0.1) is 0 Å². The van der Waals surface area contributed by atoms with Gasteiger partial charge in [0.2, 0.25) is 0 Å².